The molecule has 1 aromatic rings. The van der Waals surface area contributed by atoms with Crippen molar-refractivity contribution in [1.82, 2.24) is 4.90 Å². The normalized spacial score (nSPS) is 15.1. The third-order valence-electron chi connectivity index (χ3n) is 2.88. The molecule has 1 fully saturated rings. The minimum atomic E-state index is -0.851. The number of hydrogen-bond acceptors (Lipinski definition) is 2. The van der Waals surface area contributed by atoms with Crippen molar-refractivity contribution in [3.05, 3.63) is 28.2 Å². The maximum atomic E-state index is 11.8. The number of urea groups is 1. The van der Waals surface area contributed by atoms with Crippen LogP contribution in [0.25, 0.3) is 0 Å². The van der Waals surface area contributed by atoms with E-state index >= 15 is 0 Å². The summed E-state index contributed by atoms with van der Waals surface area (Å²) < 4.78 is 0.811. The van der Waals surface area contributed by atoms with E-state index in [-0.39, 0.29) is 19.1 Å². The molecular formula is C12H13BrN2O3. The van der Waals surface area contributed by atoms with Gasteiger partial charge in [0.15, 0.2) is 0 Å². The van der Waals surface area contributed by atoms with Gasteiger partial charge in [0, 0.05) is 17.6 Å². The molecule has 0 unspecified atom stereocenters. The van der Waals surface area contributed by atoms with Gasteiger partial charge >= 0.3 is 12.0 Å². The zero-order chi connectivity index (χ0) is 13.3. The number of nitrogens with zero attached hydrogens (tertiary/aromatic N) is 1. The summed E-state index contributed by atoms with van der Waals surface area (Å²) in [6, 6.07) is 5.35. The lowest BCUT2D eigenvalue weighted by Gasteiger charge is -2.36. The number of likely N-dealkylation sites (tertiary alicyclic amines) is 1. The molecule has 5 nitrogen and oxygen atoms in total. The molecule has 1 aliphatic rings. The standard InChI is InChI=1S/C12H13BrN2O3/c1-7-2-3-10(9(13)4-7)14-12(18)15-5-8(6-15)11(16)17/h2-4,8H,5-6H2,1H3,(H,14,18)(H,16,17). The Labute approximate surface area is 113 Å². The highest BCUT2D eigenvalue weighted by Crippen LogP contribution is 2.25. The molecule has 0 radical (unpaired) electrons. The van der Waals surface area contributed by atoms with E-state index in [1.165, 1.54) is 4.90 Å². The van der Waals surface area contributed by atoms with Crippen LogP contribution in [0.2, 0.25) is 0 Å². The van der Waals surface area contributed by atoms with Gasteiger partial charge in [-0.2, -0.15) is 0 Å². The van der Waals surface area contributed by atoms with E-state index in [0.717, 1.165) is 10.0 Å². The van der Waals surface area contributed by atoms with Gasteiger partial charge in [-0.1, -0.05) is 6.07 Å². The fourth-order valence-corrected chi connectivity index (χ4v) is 2.31. The van der Waals surface area contributed by atoms with Gasteiger partial charge in [0.2, 0.25) is 0 Å². The molecule has 0 aromatic heterocycles. The fourth-order valence-electron chi connectivity index (χ4n) is 1.72. The summed E-state index contributed by atoms with van der Waals surface area (Å²) in [6.45, 7) is 2.50. The highest BCUT2D eigenvalue weighted by molar-refractivity contribution is 9.10. The minimum Gasteiger partial charge on any atom is -0.481 e. The number of benzene rings is 1. The molecule has 18 heavy (non-hydrogen) atoms. The summed E-state index contributed by atoms with van der Waals surface area (Å²) in [6.07, 6.45) is 0. The van der Waals surface area contributed by atoms with Crippen molar-refractivity contribution in [2.75, 3.05) is 18.4 Å². The minimum absolute atomic E-state index is 0.267. The molecular weight excluding hydrogens is 300 g/mol. The third-order valence-corrected chi connectivity index (χ3v) is 3.54. The van der Waals surface area contributed by atoms with Gasteiger partial charge in [-0.25, -0.2) is 4.79 Å². The zero-order valence-corrected chi connectivity index (χ0v) is 11.4. The second-order valence-corrected chi connectivity index (χ2v) is 5.21. The first kappa shape index (κ1) is 12.9. The fraction of sp³-hybridized carbons (Fsp3) is 0.333. The van der Waals surface area contributed by atoms with E-state index in [0.29, 0.717) is 5.69 Å². The van der Waals surface area contributed by atoms with Crippen LogP contribution in [-0.2, 0) is 4.79 Å². The SMILES string of the molecule is Cc1ccc(NC(=O)N2CC(C(=O)O)C2)c(Br)c1. The van der Waals surface area contributed by atoms with Crippen LogP contribution in [0.5, 0.6) is 0 Å². The van der Waals surface area contributed by atoms with Crippen LogP contribution in [-0.4, -0.2) is 35.1 Å². The topological polar surface area (TPSA) is 69.6 Å². The molecule has 0 spiro atoms. The highest BCUT2D eigenvalue weighted by Gasteiger charge is 2.35. The number of aryl methyl sites for hydroxylation is 1. The Hall–Kier alpha value is -1.56. The first-order chi connectivity index (χ1) is 8.47. The number of carboxylic acid groups (broad SMARTS) is 1. The Morgan fingerprint density at radius 3 is 2.67 bits per heavy atom. The molecule has 2 rings (SSSR count). The smallest absolute Gasteiger partial charge is 0.321 e. The number of hydrogen-bond donors (Lipinski definition) is 2. The van der Waals surface area contributed by atoms with E-state index in [2.05, 4.69) is 21.2 Å². The highest BCUT2D eigenvalue weighted by atomic mass is 79.9. The Balaban J connectivity index is 1.94. The van der Waals surface area contributed by atoms with Crippen molar-refractivity contribution in [2.24, 2.45) is 5.92 Å². The van der Waals surface area contributed by atoms with Gasteiger partial charge in [-0.15, -0.1) is 0 Å². The average molecular weight is 313 g/mol. The van der Waals surface area contributed by atoms with E-state index in [1.54, 1.807) is 0 Å². The van der Waals surface area contributed by atoms with Crippen molar-refractivity contribution >= 4 is 33.6 Å². The molecule has 96 valence electrons. The molecule has 2 amide bonds. The largest absolute Gasteiger partial charge is 0.481 e. The summed E-state index contributed by atoms with van der Waals surface area (Å²) in [4.78, 5) is 23.9. The molecule has 1 aromatic carbocycles. The maximum absolute atomic E-state index is 11.8. The number of nitrogens with one attached hydrogen (secondary N) is 1. The molecule has 0 bridgehead atoms. The summed E-state index contributed by atoms with van der Waals surface area (Å²) in [5.74, 6) is -1.28. The van der Waals surface area contributed by atoms with Gasteiger partial charge < -0.3 is 15.3 Å². The van der Waals surface area contributed by atoms with Gasteiger partial charge in [0.25, 0.3) is 0 Å². The number of aliphatic carboxylic acids is 1. The quantitative estimate of drug-likeness (QED) is 0.880. The molecule has 1 saturated heterocycles. The number of carbonyl (C=O) groups excluding carboxylic acids is 1. The molecule has 0 saturated carbocycles. The van der Waals surface area contributed by atoms with Crippen LogP contribution >= 0.6 is 15.9 Å². The predicted octanol–water partition coefficient (Wildman–Crippen LogP) is 2.31. The van der Waals surface area contributed by atoms with Gasteiger partial charge in [0.1, 0.15) is 0 Å². The molecule has 2 N–H and O–H groups in total. The zero-order valence-electron chi connectivity index (χ0n) is 9.81. The van der Waals surface area contributed by atoms with Crippen molar-refractivity contribution < 1.29 is 14.7 Å². The van der Waals surface area contributed by atoms with E-state index in [1.807, 2.05) is 25.1 Å². The average Bonchev–Trinajstić information content (AvgIpc) is 2.19. The Morgan fingerprint density at radius 2 is 2.11 bits per heavy atom. The molecule has 6 heteroatoms. The van der Waals surface area contributed by atoms with Crippen molar-refractivity contribution in [1.29, 1.82) is 0 Å². The van der Waals surface area contributed by atoms with Crippen molar-refractivity contribution in [2.45, 2.75) is 6.92 Å². The number of rotatable bonds is 2. The van der Waals surface area contributed by atoms with Crippen molar-refractivity contribution in [3.8, 4) is 0 Å². The van der Waals surface area contributed by atoms with Gasteiger partial charge in [0.05, 0.1) is 11.6 Å². The van der Waals surface area contributed by atoms with Gasteiger partial charge in [-0.3, -0.25) is 4.79 Å². The third kappa shape index (κ3) is 2.64. The van der Waals surface area contributed by atoms with Crippen LogP contribution in [0.15, 0.2) is 22.7 Å². The van der Waals surface area contributed by atoms with E-state index < -0.39 is 11.9 Å². The van der Waals surface area contributed by atoms with E-state index in [4.69, 9.17) is 5.11 Å². The van der Waals surface area contributed by atoms with Crippen LogP contribution in [0, 0.1) is 12.8 Å². The molecule has 0 atom stereocenters. The number of carbonyl (C=O) groups is 2. The number of amides is 2. The Morgan fingerprint density at radius 1 is 1.44 bits per heavy atom. The Bertz CT molecular complexity index is 498. The van der Waals surface area contributed by atoms with Crippen LogP contribution in [0.4, 0.5) is 10.5 Å². The van der Waals surface area contributed by atoms with Crippen LogP contribution in [0.3, 0.4) is 0 Å². The number of halogens is 1. The lowest BCUT2D eigenvalue weighted by atomic mass is 10.0. The van der Waals surface area contributed by atoms with Gasteiger partial charge in [-0.05, 0) is 40.5 Å². The predicted molar refractivity (Wildman–Crippen MR) is 70.6 cm³/mol. The van der Waals surface area contributed by atoms with Crippen LogP contribution < -0.4 is 5.32 Å². The van der Waals surface area contributed by atoms with E-state index in [9.17, 15) is 9.59 Å². The Kier molecular flexibility index (Phi) is 3.56. The lowest BCUT2D eigenvalue weighted by molar-refractivity contribution is -0.145. The lowest BCUT2D eigenvalue weighted by Crippen LogP contribution is -2.54. The van der Waals surface area contributed by atoms with Crippen LogP contribution in [0.1, 0.15) is 5.56 Å². The summed E-state index contributed by atoms with van der Waals surface area (Å²) >= 11 is 3.37. The second-order valence-electron chi connectivity index (χ2n) is 4.35. The number of anilines is 1. The summed E-state index contributed by atoms with van der Waals surface area (Å²) in [5, 5.41) is 11.5. The first-order valence-electron chi connectivity index (χ1n) is 5.52. The summed E-state index contributed by atoms with van der Waals surface area (Å²) in [5.41, 5.74) is 1.78. The first-order valence-corrected chi connectivity index (χ1v) is 6.31. The monoisotopic (exact) mass is 312 g/mol. The number of carboxylic acids is 1. The summed E-state index contributed by atoms with van der Waals surface area (Å²) in [7, 11) is 0. The van der Waals surface area contributed by atoms with Crippen molar-refractivity contribution in [3.63, 3.8) is 0 Å². The molecule has 1 heterocycles. The molecule has 1 aliphatic heterocycles. The molecule has 0 aliphatic carbocycles. The second kappa shape index (κ2) is 4.97. The maximum Gasteiger partial charge on any atom is 0.321 e.